The minimum Gasteiger partial charge on any atom is -0.376 e. The van der Waals surface area contributed by atoms with Crippen molar-refractivity contribution in [3.05, 3.63) is 23.9 Å². The smallest absolute Gasteiger partial charge is 0.255 e. The molecule has 0 radical (unpaired) electrons. The molecule has 148 valence electrons. The van der Waals surface area contributed by atoms with Crippen molar-refractivity contribution in [3.8, 4) is 0 Å². The quantitative estimate of drug-likeness (QED) is 0.788. The topological polar surface area (TPSA) is 74.8 Å². The van der Waals surface area contributed by atoms with Gasteiger partial charge in [0.15, 0.2) is 0 Å². The zero-order valence-electron chi connectivity index (χ0n) is 16.2. The number of rotatable bonds is 7. The van der Waals surface area contributed by atoms with Gasteiger partial charge in [0.1, 0.15) is 5.82 Å². The zero-order valence-corrected chi connectivity index (χ0v) is 16.2. The molecule has 0 spiro atoms. The highest BCUT2D eigenvalue weighted by atomic mass is 16.5. The number of aromatic nitrogens is 1. The van der Waals surface area contributed by atoms with Crippen LogP contribution in [0.3, 0.4) is 0 Å². The fourth-order valence-electron chi connectivity index (χ4n) is 3.59. The van der Waals surface area contributed by atoms with Crippen molar-refractivity contribution in [1.82, 2.24) is 15.2 Å². The van der Waals surface area contributed by atoms with Gasteiger partial charge < -0.3 is 19.9 Å². The molecule has 2 amide bonds. The third-order valence-corrected chi connectivity index (χ3v) is 5.22. The van der Waals surface area contributed by atoms with Gasteiger partial charge in [-0.1, -0.05) is 13.3 Å². The van der Waals surface area contributed by atoms with Gasteiger partial charge in [-0.15, -0.1) is 0 Å². The minimum absolute atomic E-state index is 0.116. The molecule has 1 N–H and O–H groups in total. The van der Waals surface area contributed by atoms with Crippen molar-refractivity contribution in [3.63, 3.8) is 0 Å². The number of nitrogens with zero attached hydrogens (tertiary/aromatic N) is 3. The Morgan fingerprint density at radius 2 is 2.11 bits per heavy atom. The second kappa shape index (κ2) is 9.69. The van der Waals surface area contributed by atoms with Gasteiger partial charge in [-0.3, -0.25) is 9.59 Å². The van der Waals surface area contributed by atoms with Crippen LogP contribution >= 0.6 is 0 Å². The number of carbonyl (C=O) groups excluding carboxylic acids is 2. The first-order chi connectivity index (χ1) is 13.2. The van der Waals surface area contributed by atoms with E-state index >= 15 is 0 Å². The summed E-state index contributed by atoms with van der Waals surface area (Å²) in [5, 5.41) is 2.98. The number of unbranched alkanes of at least 4 members (excludes halogenated alkanes) is 1. The molecule has 7 nitrogen and oxygen atoms in total. The van der Waals surface area contributed by atoms with Gasteiger partial charge in [0.2, 0.25) is 5.91 Å². The molecule has 27 heavy (non-hydrogen) atoms. The Labute approximate surface area is 161 Å². The van der Waals surface area contributed by atoms with Crippen molar-refractivity contribution in [2.45, 2.75) is 45.1 Å². The lowest BCUT2D eigenvalue weighted by Crippen LogP contribution is -2.49. The summed E-state index contributed by atoms with van der Waals surface area (Å²) in [4.78, 5) is 33.3. The molecule has 2 aliphatic rings. The van der Waals surface area contributed by atoms with E-state index in [4.69, 9.17) is 4.74 Å². The van der Waals surface area contributed by atoms with Crippen molar-refractivity contribution >= 4 is 17.6 Å². The molecule has 1 aromatic rings. The van der Waals surface area contributed by atoms with Crippen LogP contribution in [-0.4, -0.2) is 67.1 Å². The Morgan fingerprint density at radius 1 is 1.30 bits per heavy atom. The van der Waals surface area contributed by atoms with Gasteiger partial charge >= 0.3 is 0 Å². The van der Waals surface area contributed by atoms with Crippen molar-refractivity contribution in [1.29, 1.82) is 0 Å². The first-order valence-corrected chi connectivity index (χ1v) is 10.1. The molecule has 3 heterocycles. The first kappa shape index (κ1) is 19.6. The van der Waals surface area contributed by atoms with Crippen LogP contribution in [0, 0.1) is 0 Å². The number of piperazine rings is 1. The van der Waals surface area contributed by atoms with Gasteiger partial charge in [-0.05, 0) is 31.4 Å². The van der Waals surface area contributed by atoms with E-state index in [1.807, 2.05) is 11.0 Å². The summed E-state index contributed by atoms with van der Waals surface area (Å²) in [6.07, 6.45) is 6.47. The summed E-state index contributed by atoms with van der Waals surface area (Å²) in [5.74, 6) is 0.810. The molecule has 0 aliphatic carbocycles. The number of hydrogen-bond acceptors (Lipinski definition) is 5. The molecule has 2 saturated heterocycles. The number of pyridine rings is 1. The summed E-state index contributed by atoms with van der Waals surface area (Å²) in [7, 11) is 0. The highest BCUT2D eigenvalue weighted by Crippen LogP contribution is 2.20. The summed E-state index contributed by atoms with van der Waals surface area (Å²) in [5.41, 5.74) is 0.584. The Morgan fingerprint density at radius 3 is 2.81 bits per heavy atom. The molecule has 2 aliphatic heterocycles. The van der Waals surface area contributed by atoms with E-state index in [1.54, 1.807) is 12.3 Å². The molecular formula is C20H30N4O3. The van der Waals surface area contributed by atoms with Crippen molar-refractivity contribution < 1.29 is 14.3 Å². The number of ether oxygens (including phenoxy) is 1. The van der Waals surface area contributed by atoms with Crippen LogP contribution in [0.15, 0.2) is 18.3 Å². The van der Waals surface area contributed by atoms with E-state index in [9.17, 15) is 9.59 Å². The molecular weight excluding hydrogens is 344 g/mol. The van der Waals surface area contributed by atoms with Gasteiger partial charge in [-0.25, -0.2) is 4.98 Å². The molecule has 2 fully saturated rings. The maximum absolute atomic E-state index is 12.7. The monoisotopic (exact) mass is 374 g/mol. The van der Waals surface area contributed by atoms with Crippen LogP contribution in [0.4, 0.5) is 5.82 Å². The fourth-order valence-corrected chi connectivity index (χ4v) is 3.59. The molecule has 0 aromatic carbocycles. The van der Waals surface area contributed by atoms with E-state index in [1.165, 1.54) is 0 Å². The Hall–Kier alpha value is -2.15. The van der Waals surface area contributed by atoms with E-state index < -0.39 is 0 Å². The molecule has 0 unspecified atom stereocenters. The second-order valence-corrected chi connectivity index (χ2v) is 7.19. The number of nitrogens with one attached hydrogen (secondary N) is 1. The molecule has 0 bridgehead atoms. The van der Waals surface area contributed by atoms with Gasteiger partial charge in [0, 0.05) is 51.9 Å². The highest BCUT2D eigenvalue weighted by Gasteiger charge is 2.25. The maximum atomic E-state index is 12.7. The number of carbonyl (C=O) groups is 2. The first-order valence-electron chi connectivity index (χ1n) is 10.1. The third-order valence-electron chi connectivity index (χ3n) is 5.22. The van der Waals surface area contributed by atoms with Crippen molar-refractivity contribution in [2.75, 3.05) is 44.2 Å². The molecule has 1 aromatic heterocycles. The Kier molecular flexibility index (Phi) is 7.04. The Bertz CT molecular complexity index is 638. The number of hydrogen-bond donors (Lipinski definition) is 1. The van der Waals surface area contributed by atoms with Gasteiger partial charge in [-0.2, -0.15) is 0 Å². The van der Waals surface area contributed by atoms with Crippen LogP contribution in [0.25, 0.3) is 0 Å². The SMILES string of the molecule is CCCCC(=O)N1CCN(c2ncccc2C(=O)NC[C@@H]2CCCO2)CC1. The van der Waals surface area contributed by atoms with E-state index in [0.717, 1.165) is 32.3 Å². The standard InChI is InChI=1S/C20H30N4O3/c1-2-3-8-18(25)23-10-12-24(13-11-23)19-17(7-4-9-21-19)20(26)22-15-16-6-5-14-27-16/h4,7,9,16H,2-3,5-6,8,10-15H2,1H3,(H,22,26)/t16-/m0/s1. The minimum atomic E-state index is -0.116. The summed E-state index contributed by atoms with van der Waals surface area (Å²) in [6, 6.07) is 3.60. The van der Waals surface area contributed by atoms with Crippen molar-refractivity contribution in [2.24, 2.45) is 0 Å². The predicted octanol–water partition coefficient (Wildman–Crippen LogP) is 1.83. The lowest BCUT2D eigenvalue weighted by molar-refractivity contribution is -0.131. The zero-order chi connectivity index (χ0) is 19.1. The van der Waals surface area contributed by atoms with E-state index in [2.05, 4.69) is 22.1 Å². The fraction of sp³-hybridized carbons (Fsp3) is 0.650. The largest absolute Gasteiger partial charge is 0.376 e. The number of amides is 2. The molecule has 3 rings (SSSR count). The summed E-state index contributed by atoms with van der Waals surface area (Å²) in [6.45, 7) is 6.15. The third kappa shape index (κ3) is 5.19. The second-order valence-electron chi connectivity index (χ2n) is 7.19. The lowest BCUT2D eigenvalue weighted by Gasteiger charge is -2.36. The van der Waals surface area contributed by atoms with Crippen LogP contribution in [0.5, 0.6) is 0 Å². The van der Waals surface area contributed by atoms with Crippen LogP contribution in [0.1, 0.15) is 49.4 Å². The van der Waals surface area contributed by atoms with E-state index in [-0.39, 0.29) is 17.9 Å². The molecule has 0 saturated carbocycles. The Balaban J connectivity index is 1.57. The predicted molar refractivity (Wildman–Crippen MR) is 104 cm³/mol. The molecule has 1 atom stereocenters. The average Bonchev–Trinajstić information content (AvgIpc) is 3.24. The molecule has 7 heteroatoms. The average molecular weight is 374 g/mol. The highest BCUT2D eigenvalue weighted by molar-refractivity contribution is 5.99. The normalized spacial score (nSPS) is 20.0. The van der Waals surface area contributed by atoms with Crippen LogP contribution in [0.2, 0.25) is 0 Å². The lowest BCUT2D eigenvalue weighted by atomic mass is 10.1. The van der Waals surface area contributed by atoms with E-state index in [0.29, 0.717) is 50.5 Å². The van der Waals surface area contributed by atoms with Crippen LogP contribution in [-0.2, 0) is 9.53 Å². The maximum Gasteiger partial charge on any atom is 0.255 e. The van der Waals surface area contributed by atoms with Crippen LogP contribution < -0.4 is 10.2 Å². The summed E-state index contributed by atoms with van der Waals surface area (Å²) < 4.78 is 5.57. The van der Waals surface area contributed by atoms with Gasteiger partial charge in [0.25, 0.3) is 5.91 Å². The van der Waals surface area contributed by atoms with Gasteiger partial charge in [0.05, 0.1) is 11.7 Å². The summed E-state index contributed by atoms with van der Waals surface area (Å²) >= 11 is 0. The number of anilines is 1.